The second-order valence-corrected chi connectivity index (χ2v) is 9.15. The van der Waals surface area contributed by atoms with E-state index in [1.807, 2.05) is 18.2 Å². The van der Waals surface area contributed by atoms with E-state index in [9.17, 15) is 0 Å². The highest BCUT2D eigenvalue weighted by atomic mass is 32.1. The topological polar surface area (TPSA) is 16.1 Å². The summed E-state index contributed by atoms with van der Waals surface area (Å²) in [5, 5.41) is 1.06. The fourth-order valence-electron chi connectivity index (χ4n) is 4.21. The van der Waals surface area contributed by atoms with Gasteiger partial charge in [0.25, 0.3) is 0 Å². The van der Waals surface area contributed by atoms with Crippen LogP contribution in [0.3, 0.4) is 0 Å². The van der Waals surface area contributed by atoms with E-state index in [1.165, 1.54) is 15.8 Å². The third-order valence-electron chi connectivity index (χ3n) is 5.91. The summed E-state index contributed by atoms with van der Waals surface area (Å²) in [4.78, 5) is 7.06. The van der Waals surface area contributed by atoms with Gasteiger partial charge in [0.15, 0.2) is 0 Å². The average Bonchev–Trinajstić information content (AvgIpc) is 3.35. The van der Waals surface area contributed by atoms with Crippen molar-refractivity contribution in [2.75, 3.05) is 4.90 Å². The lowest BCUT2D eigenvalue weighted by atomic mass is 10.0. The van der Waals surface area contributed by atoms with Crippen LogP contribution in [0.1, 0.15) is 0 Å². The first-order valence-electron chi connectivity index (χ1n) is 11.3. The molecule has 1 aromatic heterocycles. The first-order chi connectivity index (χ1) is 16.8. The number of fused-ring (bicyclic) bond motifs is 1. The number of thiazole rings is 1. The van der Waals surface area contributed by atoms with Crippen LogP contribution in [0.15, 0.2) is 133 Å². The van der Waals surface area contributed by atoms with E-state index in [-0.39, 0.29) is 0 Å². The van der Waals surface area contributed by atoms with Gasteiger partial charge in [-0.3, -0.25) is 0 Å². The molecule has 3 heteroatoms. The normalized spacial score (nSPS) is 10.9. The van der Waals surface area contributed by atoms with Crippen molar-refractivity contribution in [2.24, 2.45) is 0 Å². The summed E-state index contributed by atoms with van der Waals surface area (Å²) in [6.45, 7) is 0. The van der Waals surface area contributed by atoms with Crippen molar-refractivity contribution in [3.63, 3.8) is 0 Å². The summed E-state index contributed by atoms with van der Waals surface area (Å²) < 4.78 is 1.22. The third kappa shape index (κ3) is 3.98. The van der Waals surface area contributed by atoms with E-state index in [1.54, 1.807) is 11.3 Å². The largest absolute Gasteiger partial charge is 0.311 e. The van der Waals surface area contributed by atoms with Crippen LogP contribution in [0.2, 0.25) is 0 Å². The van der Waals surface area contributed by atoms with Crippen LogP contribution in [-0.2, 0) is 0 Å². The van der Waals surface area contributed by atoms with E-state index in [0.29, 0.717) is 0 Å². The maximum absolute atomic E-state index is 4.79. The van der Waals surface area contributed by atoms with Gasteiger partial charge in [-0.2, -0.15) is 0 Å². The Hall–Kier alpha value is -4.21. The highest BCUT2D eigenvalue weighted by molar-refractivity contribution is 7.21. The first kappa shape index (κ1) is 20.4. The summed E-state index contributed by atoms with van der Waals surface area (Å²) in [5.74, 6) is 0. The SMILES string of the molecule is c1ccc(N(c2ccccc2)c2ccc(-c3ccc(-c4nc5ccccc5s4)cc3)cc2)cc1. The molecule has 0 aliphatic carbocycles. The smallest absolute Gasteiger partial charge is 0.124 e. The first-order valence-corrected chi connectivity index (χ1v) is 12.1. The zero-order valence-electron chi connectivity index (χ0n) is 18.5. The standard InChI is InChI=1S/C31H22N2S/c1-3-9-26(10-4-1)33(27-11-5-2-6-12-27)28-21-19-24(20-22-28)23-15-17-25(18-16-23)31-32-29-13-7-8-14-30(29)34-31/h1-22H. The predicted octanol–water partition coefficient (Wildman–Crippen LogP) is 9.10. The number of benzene rings is 5. The Kier molecular flexibility index (Phi) is 5.38. The molecule has 162 valence electrons. The van der Waals surface area contributed by atoms with Gasteiger partial charge in [-0.1, -0.05) is 84.9 Å². The Morgan fingerprint density at radius 2 is 0.912 bits per heavy atom. The van der Waals surface area contributed by atoms with Gasteiger partial charge in [-0.05, 0) is 59.7 Å². The van der Waals surface area contributed by atoms with Crippen molar-refractivity contribution in [1.82, 2.24) is 4.98 Å². The van der Waals surface area contributed by atoms with E-state index in [0.717, 1.165) is 33.1 Å². The molecule has 0 N–H and O–H groups in total. The number of hydrogen-bond acceptors (Lipinski definition) is 3. The van der Waals surface area contributed by atoms with E-state index >= 15 is 0 Å². The molecule has 0 bridgehead atoms. The van der Waals surface area contributed by atoms with Gasteiger partial charge < -0.3 is 4.90 Å². The molecule has 5 aromatic carbocycles. The molecule has 0 fully saturated rings. The van der Waals surface area contributed by atoms with Crippen LogP contribution < -0.4 is 4.90 Å². The van der Waals surface area contributed by atoms with Gasteiger partial charge in [0.1, 0.15) is 5.01 Å². The highest BCUT2D eigenvalue weighted by Gasteiger charge is 2.12. The Morgan fingerprint density at radius 1 is 0.441 bits per heavy atom. The quantitative estimate of drug-likeness (QED) is 0.258. The van der Waals surface area contributed by atoms with E-state index in [2.05, 4.69) is 120 Å². The van der Waals surface area contributed by atoms with Crippen LogP contribution in [0.25, 0.3) is 31.9 Å². The summed E-state index contributed by atoms with van der Waals surface area (Å²) in [5.41, 5.74) is 8.02. The average molecular weight is 455 g/mol. The second kappa shape index (κ2) is 8.97. The molecule has 6 aromatic rings. The van der Waals surface area contributed by atoms with Crippen molar-refractivity contribution in [1.29, 1.82) is 0 Å². The zero-order valence-corrected chi connectivity index (χ0v) is 19.3. The number of nitrogens with zero attached hydrogens (tertiary/aromatic N) is 2. The molecule has 0 unspecified atom stereocenters. The lowest BCUT2D eigenvalue weighted by Crippen LogP contribution is -2.09. The van der Waals surface area contributed by atoms with Crippen molar-refractivity contribution in [2.45, 2.75) is 0 Å². The maximum atomic E-state index is 4.79. The lowest BCUT2D eigenvalue weighted by Gasteiger charge is -2.25. The molecule has 0 amide bonds. The lowest BCUT2D eigenvalue weighted by molar-refractivity contribution is 1.28. The van der Waals surface area contributed by atoms with Crippen molar-refractivity contribution in [3.05, 3.63) is 133 Å². The molecule has 34 heavy (non-hydrogen) atoms. The van der Waals surface area contributed by atoms with Crippen molar-refractivity contribution >= 4 is 38.6 Å². The number of anilines is 3. The second-order valence-electron chi connectivity index (χ2n) is 8.12. The molecule has 0 saturated carbocycles. The van der Waals surface area contributed by atoms with Crippen LogP contribution in [-0.4, -0.2) is 4.98 Å². The van der Waals surface area contributed by atoms with Crippen LogP contribution in [0.4, 0.5) is 17.1 Å². The van der Waals surface area contributed by atoms with Crippen LogP contribution in [0, 0.1) is 0 Å². The minimum Gasteiger partial charge on any atom is -0.311 e. The zero-order chi connectivity index (χ0) is 22.7. The molecule has 6 rings (SSSR count). The van der Waals surface area contributed by atoms with Gasteiger partial charge in [0.05, 0.1) is 10.2 Å². The molecule has 0 saturated heterocycles. The van der Waals surface area contributed by atoms with Gasteiger partial charge in [-0.25, -0.2) is 4.98 Å². The maximum Gasteiger partial charge on any atom is 0.124 e. The van der Waals surface area contributed by atoms with E-state index in [4.69, 9.17) is 4.98 Å². The number of rotatable bonds is 5. The van der Waals surface area contributed by atoms with E-state index < -0.39 is 0 Å². The molecule has 0 aliphatic rings. The fraction of sp³-hybridized carbons (Fsp3) is 0. The third-order valence-corrected chi connectivity index (χ3v) is 7.00. The summed E-state index contributed by atoms with van der Waals surface area (Å²) in [6.07, 6.45) is 0. The molecule has 2 nitrogen and oxygen atoms in total. The number of aromatic nitrogens is 1. The molecular weight excluding hydrogens is 432 g/mol. The molecule has 0 aliphatic heterocycles. The minimum atomic E-state index is 1.06. The molecule has 0 radical (unpaired) electrons. The summed E-state index contributed by atoms with van der Waals surface area (Å²) in [7, 11) is 0. The Labute approximate surface area is 203 Å². The highest BCUT2D eigenvalue weighted by Crippen LogP contribution is 2.36. The van der Waals surface area contributed by atoms with Gasteiger partial charge in [0.2, 0.25) is 0 Å². The minimum absolute atomic E-state index is 1.06. The van der Waals surface area contributed by atoms with Crippen LogP contribution in [0.5, 0.6) is 0 Å². The van der Waals surface area contributed by atoms with Crippen LogP contribution >= 0.6 is 11.3 Å². The van der Waals surface area contributed by atoms with Gasteiger partial charge >= 0.3 is 0 Å². The summed E-state index contributed by atoms with van der Waals surface area (Å²) in [6, 6.07) is 46.7. The van der Waals surface area contributed by atoms with Gasteiger partial charge in [-0.15, -0.1) is 11.3 Å². The Balaban J connectivity index is 1.30. The predicted molar refractivity (Wildman–Crippen MR) is 145 cm³/mol. The summed E-state index contributed by atoms with van der Waals surface area (Å²) >= 11 is 1.74. The number of para-hydroxylation sites is 3. The van der Waals surface area contributed by atoms with Crippen molar-refractivity contribution < 1.29 is 0 Å². The molecular formula is C31H22N2S. The fourth-order valence-corrected chi connectivity index (χ4v) is 5.18. The Morgan fingerprint density at radius 3 is 1.50 bits per heavy atom. The monoisotopic (exact) mass is 454 g/mol. The van der Waals surface area contributed by atoms with Gasteiger partial charge in [0, 0.05) is 22.6 Å². The molecule has 1 heterocycles. The molecule has 0 atom stereocenters. The molecule has 0 spiro atoms. The van der Waals surface area contributed by atoms with Crippen molar-refractivity contribution in [3.8, 4) is 21.7 Å². The number of hydrogen-bond donors (Lipinski definition) is 0. The Bertz CT molecular complexity index is 1450.